The summed E-state index contributed by atoms with van der Waals surface area (Å²) < 4.78 is 24.3. The van der Waals surface area contributed by atoms with E-state index < -0.39 is 9.84 Å². The van der Waals surface area contributed by atoms with Crippen LogP contribution >= 0.6 is 15.9 Å². The van der Waals surface area contributed by atoms with Crippen molar-refractivity contribution >= 4 is 25.8 Å². The molecule has 1 aromatic rings. The van der Waals surface area contributed by atoms with Crippen LogP contribution in [0.25, 0.3) is 0 Å². The first-order valence-corrected chi connectivity index (χ1v) is 9.33. The molecule has 0 aliphatic carbocycles. The second kappa shape index (κ2) is 6.37. The fourth-order valence-electron chi connectivity index (χ4n) is 2.56. The Kier molecular flexibility index (Phi) is 5.03. The van der Waals surface area contributed by atoms with Crippen LogP contribution in [-0.4, -0.2) is 37.9 Å². The lowest BCUT2D eigenvalue weighted by Gasteiger charge is -2.24. The van der Waals surface area contributed by atoms with E-state index in [4.69, 9.17) is 0 Å². The van der Waals surface area contributed by atoms with Crippen LogP contribution in [0.3, 0.4) is 0 Å². The molecule has 1 saturated heterocycles. The summed E-state index contributed by atoms with van der Waals surface area (Å²) in [6, 6.07) is 8.73. The summed E-state index contributed by atoms with van der Waals surface area (Å²) in [6.45, 7) is 3.36. The third kappa shape index (κ3) is 4.04. The molecule has 1 atom stereocenters. The lowest BCUT2D eigenvalue weighted by molar-refractivity contribution is 0.272. The van der Waals surface area contributed by atoms with Gasteiger partial charge in [0.2, 0.25) is 0 Å². The molecule has 0 N–H and O–H groups in total. The first-order chi connectivity index (χ1) is 9.02. The van der Waals surface area contributed by atoms with Gasteiger partial charge in [-0.15, -0.1) is 0 Å². The first-order valence-electron chi connectivity index (χ1n) is 6.72. The number of nitrogens with zero attached hydrogens (tertiary/aromatic N) is 1. The Hall–Kier alpha value is -0.390. The molecular formula is C14H20BrNO2S. The molecule has 1 fully saturated rings. The molecule has 19 heavy (non-hydrogen) atoms. The van der Waals surface area contributed by atoms with Crippen molar-refractivity contribution in [2.75, 3.05) is 24.6 Å². The van der Waals surface area contributed by atoms with Crippen molar-refractivity contribution in [2.24, 2.45) is 0 Å². The maximum Gasteiger partial charge on any atom is 0.151 e. The van der Waals surface area contributed by atoms with E-state index in [1.165, 1.54) is 5.56 Å². The minimum atomic E-state index is -2.87. The molecule has 0 aromatic heterocycles. The molecule has 1 aliphatic heterocycles. The number of hydrogen-bond donors (Lipinski definition) is 0. The standard InChI is InChI=1S/C14H20BrNO2S/c1-2-19(17,18)11-10-16-9-3-4-14(16)12-5-7-13(15)8-6-12/h5-8,14H,2-4,9-11H2,1H3. The lowest BCUT2D eigenvalue weighted by Crippen LogP contribution is -2.29. The molecule has 1 aliphatic rings. The average Bonchev–Trinajstić information content (AvgIpc) is 2.86. The zero-order chi connectivity index (χ0) is 13.9. The fraction of sp³-hybridized carbons (Fsp3) is 0.571. The Morgan fingerprint density at radius 1 is 1.32 bits per heavy atom. The monoisotopic (exact) mass is 345 g/mol. The molecule has 1 aromatic carbocycles. The molecule has 0 spiro atoms. The Morgan fingerprint density at radius 3 is 2.63 bits per heavy atom. The van der Waals surface area contributed by atoms with Crippen LogP contribution in [0.5, 0.6) is 0 Å². The third-order valence-corrected chi connectivity index (χ3v) is 5.96. The molecule has 3 nitrogen and oxygen atoms in total. The zero-order valence-corrected chi connectivity index (χ0v) is 13.6. The molecule has 5 heteroatoms. The van der Waals surface area contributed by atoms with Gasteiger partial charge in [0.25, 0.3) is 0 Å². The van der Waals surface area contributed by atoms with Crippen molar-refractivity contribution in [1.82, 2.24) is 4.90 Å². The minimum absolute atomic E-state index is 0.240. The quantitative estimate of drug-likeness (QED) is 0.823. The summed E-state index contributed by atoms with van der Waals surface area (Å²) in [7, 11) is -2.87. The van der Waals surface area contributed by atoms with Gasteiger partial charge in [0.05, 0.1) is 5.75 Å². The first kappa shape index (κ1) is 15.0. The SMILES string of the molecule is CCS(=O)(=O)CCN1CCCC1c1ccc(Br)cc1. The van der Waals surface area contributed by atoms with Gasteiger partial charge in [0, 0.05) is 22.8 Å². The van der Waals surface area contributed by atoms with Crippen molar-refractivity contribution < 1.29 is 8.42 Å². The molecule has 1 heterocycles. The molecule has 1 unspecified atom stereocenters. The Labute approximate surface area is 124 Å². The minimum Gasteiger partial charge on any atom is -0.295 e. The van der Waals surface area contributed by atoms with Crippen LogP contribution < -0.4 is 0 Å². The van der Waals surface area contributed by atoms with Gasteiger partial charge in [-0.1, -0.05) is 35.0 Å². The number of likely N-dealkylation sites (tertiary alicyclic amines) is 1. The average molecular weight is 346 g/mol. The smallest absolute Gasteiger partial charge is 0.151 e. The Bertz CT molecular complexity index is 513. The summed E-state index contributed by atoms with van der Waals surface area (Å²) in [5.41, 5.74) is 1.29. The van der Waals surface area contributed by atoms with Crippen LogP contribution in [0.2, 0.25) is 0 Å². The molecule has 2 rings (SSSR count). The summed E-state index contributed by atoms with van der Waals surface area (Å²) in [4.78, 5) is 2.30. The van der Waals surface area contributed by atoms with E-state index in [1.54, 1.807) is 6.92 Å². The van der Waals surface area contributed by atoms with E-state index in [0.717, 1.165) is 23.9 Å². The van der Waals surface area contributed by atoms with Crippen molar-refractivity contribution in [1.29, 1.82) is 0 Å². The van der Waals surface area contributed by atoms with E-state index in [0.29, 0.717) is 12.6 Å². The normalized spacial score (nSPS) is 20.8. The number of halogens is 1. The van der Waals surface area contributed by atoms with Gasteiger partial charge < -0.3 is 0 Å². The number of hydrogen-bond acceptors (Lipinski definition) is 3. The second-order valence-electron chi connectivity index (χ2n) is 4.98. The fourth-order valence-corrected chi connectivity index (χ4v) is 3.62. The second-order valence-corrected chi connectivity index (χ2v) is 8.37. The van der Waals surface area contributed by atoms with Crippen LogP contribution in [-0.2, 0) is 9.84 Å². The van der Waals surface area contributed by atoms with Gasteiger partial charge in [-0.25, -0.2) is 8.42 Å². The van der Waals surface area contributed by atoms with Crippen LogP contribution in [0.15, 0.2) is 28.7 Å². The van der Waals surface area contributed by atoms with E-state index in [1.807, 2.05) is 0 Å². The van der Waals surface area contributed by atoms with Gasteiger partial charge in [-0.3, -0.25) is 4.90 Å². The van der Waals surface area contributed by atoms with E-state index in [2.05, 4.69) is 45.1 Å². The topological polar surface area (TPSA) is 37.4 Å². The zero-order valence-electron chi connectivity index (χ0n) is 11.2. The van der Waals surface area contributed by atoms with Gasteiger partial charge in [-0.2, -0.15) is 0 Å². The van der Waals surface area contributed by atoms with Crippen LogP contribution in [0.1, 0.15) is 31.4 Å². The van der Waals surface area contributed by atoms with E-state index in [-0.39, 0.29) is 11.5 Å². The highest BCUT2D eigenvalue weighted by molar-refractivity contribution is 9.10. The maximum absolute atomic E-state index is 11.6. The van der Waals surface area contributed by atoms with Gasteiger partial charge >= 0.3 is 0 Å². The predicted octanol–water partition coefficient (Wildman–Crippen LogP) is 3.02. The van der Waals surface area contributed by atoms with Crippen LogP contribution in [0, 0.1) is 0 Å². The summed E-state index contributed by atoms with van der Waals surface area (Å²) in [5.74, 6) is 0.514. The van der Waals surface area contributed by atoms with Crippen molar-refractivity contribution in [3.05, 3.63) is 34.3 Å². The molecule has 0 radical (unpaired) electrons. The summed E-state index contributed by atoms with van der Waals surface area (Å²) in [5, 5.41) is 0. The molecule has 106 valence electrons. The predicted molar refractivity (Wildman–Crippen MR) is 82.0 cm³/mol. The van der Waals surface area contributed by atoms with Gasteiger partial charge in [-0.05, 0) is 37.1 Å². The highest BCUT2D eigenvalue weighted by atomic mass is 79.9. The highest BCUT2D eigenvalue weighted by Gasteiger charge is 2.26. The maximum atomic E-state index is 11.6. The van der Waals surface area contributed by atoms with Crippen molar-refractivity contribution in [3.8, 4) is 0 Å². The Morgan fingerprint density at radius 2 is 2.00 bits per heavy atom. The highest BCUT2D eigenvalue weighted by Crippen LogP contribution is 2.32. The molecule has 0 saturated carbocycles. The Balaban J connectivity index is 2.03. The van der Waals surface area contributed by atoms with Gasteiger partial charge in [0.1, 0.15) is 0 Å². The number of benzene rings is 1. The molecule has 0 bridgehead atoms. The lowest BCUT2D eigenvalue weighted by atomic mass is 10.1. The van der Waals surface area contributed by atoms with E-state index >= 15 is 0 Å². The third-order valence-electron chi connectivity index (χ3n) is 3.75. The largest absolute Gasteiger partial charge is 0.295 e. The number of rotatable bonds is 5. The number of sulfone groups is 1. The molecular weight excluding hydrogens is 326 g/mol. The van der Waals surface area contributed by atoms with Crippen molar-refractivity contribution in [2.45, 2.75) is 25.8 Å². The van der Waals surface area contributed by atoms with Crippen molar-refractivity contribution in [3.63, 3.8) is 0 Å². The van der Waals surface area contributed by atoms with E-state index in [9.17, 15) is 8.42 Å². The van der Waals surface area contributed by atoms with Crippen LogP contribution in [0.4, 0.5) is 0 Å². The summed E-state index contributed by atoms with van der Waals surface area (Å²) >= 11 is 3.44. The molecule has 0 amide bonds. The van der Waals surface area contributed by atoms with Gasteiger partial charge in [0.15, 0.2) is 9.84 Å². The summed E-state index contributed by atoms with van der Waals surface area (Å²) in [6.07, 6.45) is 2.26.